The van der Waals surface area contributed by atoms with Gasteiger partial charge in [-0.15, -0.1) is 0 Å². The summed E-state index contributed by atoms with van der Waals surface area (Å²) < 4.78 is 68.2. The van der Waals surface area contributed by atoms with Crippen LogP contribution in [-0.2, 0) is 65.4 Å². The van der Waals surface area contributed by atoms with Gasteiger partial charge in [0.1, 0.15) is 19.3 Å². The summed E-state index contributed by atoms with van der Waals surface area (Å²) in [6, 6.07) is 0. The van der Waals surface area contributed by atoms with Gasteiger partial charge in [0.25, 0.3) is 0 Å². The molecule has 0 aromatic heterocycles. The van der Waals surface area contributed by atoms with Crippen molar-refractivity contribution in [3.63, 3.8) is 0 Å². The summed E-state index contributed by atoms with van der Waals surface area (Å²) in [5, 5.41) is 10.6. The first kappa shape index (κ1) is 89.5. The molecule has 0 heterocycles. The van der Waals surface area contributed by atoms with Gasteiger partial charge in [0, 0.05) is 25.7 Å². The lowest BCUT2D eigenvalue weighted by atomic mass is 10.00. The van der Waals surface area contributed by atoms with Gasteiger partial charge in [-0.05, 0) is 63.2 Å². The second-order valence-electron chi connectivity index (χ2n) is 26.4. The number of hydrogen-bond donors (Lipinski definition) is 3. The van der Waals surface area contributed by atoms with Gasteiger partial charge in [0.05, 0.1) is 26.4 Å². The monoisotopic (exact) mass is 1350 g/mol. The lowest BCUT2D eigenvalue weighted by Gasteiger charge is -2.21. The number of carbonyl (C=O) groups is 4. The highest BCUT2D eigenvalue weighted by Gasteiger charge is 2.30. The Morgan fingerprint density at radius 2 is 0.641 bits per heavy atom. The number of ether oxygens (including phenoxy) is 4. The highest BCUT2D eigenvalue weighted by atomic mass is 31.2. The number of esters is 4. The van der Waals surface area contributed by atoms with Crippen LogP contribution >= 0.6 is 15.6 Å². The molecular weight excluding hydrogens is 1210 g/mol. The van der Waals surface area contributed by atoms with E-state index in [9.17, 15) is 43.2 Å². The van der Waals surface area contributed by atoms with Gasteiger partial charge < -0.3 is 33.8 Å². The van der Waals surface area contributed by atoms with Crippen molar-refractivity contribution in [1.82, 2.24) is 0 Å². The molecule has 0 aromatic carbocycles. The van der Waals surface area contributed by atoms with E-state index in [-0.39, 0.29) is 25.7 Å². The number of allylic oxidation sites excluding steroid dienone is 4. The van der Waals surface area contributed by atoms with Crippen LogP contribution in [0.15, 0.2) is 24.3 Å². The van der Waals surface area contributed by atoms with Crippen molar-refractivity contribution in [1.29, 1.82) is 0 Å². The maximum atomic E-state index is 13.0. The van der Waals surface area contributed by atoms with Crippen LogP contribution in [0.1, 0.15) is 350 Å². The van der Waals surface area contributed by atoms with E-state index in [1.807, 2.05) is 0 Å². The first-order valence-electron chi connectivity index (χ1n) is 37.3. The molecule has 0 radical (unpaired) electrons. The second-order valence-corrected chi connectivity index (χ2v) is 29.3. The molecule has 0 amide bonds. The smallest absolute Gasteiger partial charge is 0.462 e. The van der Waals surface area contributed by atoms with Crippen molar-refractivity contribution in [3.05, 3.63) is 24.3 Å². The zero-order valence-corrected chi connectivity index (χ0v) is 61.1. The molecule has 0 bridgehead atoms. The first-order chi connectivity index (χ1) is 44.4. The highest BCUT2D eigenvalue weighted by Crippen LogP contribution is 2.45. The van der Waals surface area contributed by atoms with Crippen molar-refractivity contribution in [2.45, 2.75) is 368 Å². The fraction of sp³-hybridized carbons (Fsp3) is 0.890. The summed E-state index contributed by atoms with van der Waals surface area (Å²) in [5.41, 5.74) is 0. The molecule has 0 aliphatic carbocycles. The lowest BCUT2D eigenvalue weighted by Crippen LogP contribution is -2.30. The number of unbranched alkanes of at least 4 members (excludes halogenated alkanes) is 36. The molecule has 3 unspecified atom stereocenters. The first-order valence-corrected chi connectivity index (χ1v) is 40.3. The van der Waals surface area contributed by atoms with Gasteiger partial charge in [-0.25, -0.2) is 9.13 Å². The zero-order valence-electron chi connectivity index (χ0n) is 59.3. The topological polar surface area (TPSA) is 237 Å². The summed E-state index contributed by atoms with van der Waals surface area (Å²) >= 11 is 0. The average molecular weight is 1350 g/mol. The molecule has 19 heteroatoms. The molecule has 0 aliphatic rings. The third kappa shape index (κ3) is 64.9. The summed E-state index contributed by atoms with van der Waals surface area (Å²) in [4.78, 5) is 72.5. The van der Waals surface area contributed by atoms with Crippen molar-refractivity contribution in [3.8, 4) is 0 Å². The fourth-order valence-electron chi connectivity index (χ4n) is 10.5. The largest absolute Gasteiger partial charge is 0.472 e. The van der Waals surface area contributed by atoms with Crippen LogP contribution in [-0.4, -0.2) is 96.7 Å². The molecule has 0 aromatic rings. The van der Waals surface area contributed by atoms with Crippen molar-refractivity contribution >= 4 is 39.5 Å². The van der Waals surface area contributed by atoms with Crippen LogP contribution < -0.4 is 0 Å². The van der Waals surface area contributed by atoms with Crippen LogP contribution in [0.4, 0.5) is 0 Å². The molecular formula is C73H138O17P2. The molecule has 0 saturated heterocycles. The van der Waals surface area contributed by atoms with Crippen LogP contribution in [0.3, 0.4) is 0 Å². The number of carbonyl (C=O) groups excluding carboxylic acids is 4. The van der Waals surface area contributed by atoms with E-state index >= 15 is 0 Å². The number of hydrogen-bond acceptors (Lipinski definition) is 15. The number of phosphoric ester groups is 2. The molecule has 6 atom stereocenters. The van der Waals surface area contributed by atoms with Gasteiger partial charge >= 0.3 is 39.5 Å². The molecule has 0 saturated carbocycles. The molecule has 92 heavy (non-hydrogen) atoms. The predicted molar refractivity (Wildman–Crippen MR) is 372 cm³/mol. The predicted octanol–water partition coefficient (Wildman–Crippen LogP) is 20.7. The van der Waals surface area contributed by atoms with E-state index in [4.69, 9.17) is 37.0 Å². The minimum absolute atomic E-state index is 0.100. The lowest BCUT2D eigenvalue weighted by molar-refractivity contribution is -0.161. The summed E-state index contributed by atoms with van der Waals surface area (Å²) in [6.45, 7) is 9.45. The quantitative estimate of drug-likeness (QED) is 0.0169. The van der Waals surface area contributed by atoms with E-state index < -0.39 is 97.5 Å². The normalized spacial score (nSPS) is 14.5. The molecule has 17 nitrogen and oxygen atoms in total. The number of rotatable bonds is 70. The Morgan fingerprint density at radius 1 is 0.359 bits per heavy atom. The Labute approximate surface area is 561 Å². The molecule has 0 rings (SSSR count). The number of aliphatic hydroxyl groups excluding tert-OH is 1. The van der Waals surface area contributed by atoms with Gasteiger partial charge in [-0.1, -0.05) is 297 Å². The van der Waals surface area contributed by atoms with Gasteiger partial charge in [0.15, 0.2) is 12.2 Å². The van der Waals surface area contributed by atoms with Gasteiger partial charge in [-0.2, -0.15) is 0 Å². The van der Waals surface area contributed by atoms with Crippen molar-refractivity contribution in [2.24, 2.45) is 11.8 Å². The van der Waals surface area contributed by atoms with Crippen LogP contribution in [0.25, 0.3) is 0 Å². The minimum atomic E-state index is -4.96. The van der Waals surface area contributed by atoms with Crippen LogP contribution in [0.2, 0.25) is 0 Å². The van der Waals surface area contributed by atoms with Crippen molar-refractivity contribution in [2.75, 3.05) is 39.6 Å². The Bertz CT molecular complexity index is 1880. The van der Waals surface area contributed by atoms with E-state index in [0.29, 0.717) is 25.7 Å². The van der Waals surface area contributed by atoms with Crippen LogP contribution in [0.5, 0.6) is 0 Å². The Hall–Kier alpha value is -2.46. The molecule has 542 valence electrons. The molecule has 0 fully saturated rings. The standard InChI is InChI=1S/C73H138O17P2/c1-7-10-12-14-16-18-19-20-23-27-30-33-37-44-50-56-71(76)84-61-68(89-72(77)57-51-45-38-34-31-28-25-22-21-24-26-29-32-35-41-47-53-65(4)5)63-87-91(79,80)85-59-67(74)60-86-92(81,82)88-64-69(62-83-70(75)55-49-43-36-17-15-13-11-8-2)90-73(78)58-52-46-40-39-42-48-54-66(6)9-3/h18-20,23,65-69,74H,7-17,21-22,24-64H2,1-6H3,(H,79,80)(H,81,82)/b19-18-,23-20-/t66?,67-,68-,69-/m1/s1. The van der Waals surface area contributed by atoms with E-state index in [1.165, 1.54) is 141 Å². The third-order valence-corrected chi connectivity index (χ3v) is 18.6. The molecule has 0 spiro atoms. The van der Waals surface area contributed by atoms with Gasteiger partial charge in [0.2, 0.25) is 0 Å². The highest BCUT2D eigenvalue weighted by molar-refractivity contribution is 7.47. The number of aliphatic hydroxyl groups is 1. The van der Waals surface area contributed by atoms with Crippen LogP contribution in [0, 0.1) is 11.8 Å². The second kappa shape index (κ2) is 64.5. The SMILES string of the molecule is CCCCCC/C=C\C=C/CCCCCCCC(=O)OC[C@H](COP(=O)(O)OC[C@@H](O)COP(=O)(O)OC[C@@H](COC(=O)CCCCCCCCCC)OC(=O)CCCCCCCCC(C)CC)OC(=O)CCCCCCCCCCCCCCCCCCC(C)C. The van der Waals surface area contributed by atoms with Gasteiger partial charge in [-0.3, -0.25) is 37.3 Å². The average Bonchev–Trinajstić information content (AvgIpc) is 1.97. The van der Waals surface area contributed by atoms with E-state index in [2.05, 4.69) is 65.8 Å². The van der Waals surface area contributed by atoms with E-state index in [1.54, 1.807) is 0 Å². The molecule has 0 aliphatic heterocycles. The van der Waals surface area contributed by atoms with E-state index in [0.717, 1.165) is 127 Å². The summed E-state index contributed by atoms with van der Waals surface area (Å²) in [7, 11) is -9.91. The zero-order chi connectivity index (χ0) is 67.9. The summed E-state index contributed by atoms with van der Waals surface area (Å²) in [6.07, 6.45) is 53.7. The Kier molecular flexibility index (Phi) is 62.8. The van der Waals surface area contributed by atoms with Crippen molar-refractivity contribution < 1.29 is 80.2 Å². The maximum Gasteiger partial charge on any atom is 0.472 e. The summed E-state index contributed by atoms with van der Waals surface area (Å²) in [5.74, 6) is -0.630. The minimum Gasteiger partial charge on any atom is -0.462 e. The Morgan fingerprint density at radius 3 is 0.978 bits per heavy atom. The third-order valence-electron chi connectivity index (χ3n) is 16.7. The number of phosphoric acid groups is 2. The fourth-order valence-corrected chi connectivity index (χ4v) is 12.1. The molecule has 3 N–H and O–H groups in total. The Balaban J connectivity index is 5.24. The maximum absolute atomic E-state index is 13.0.